The van der Waals surface area contributed by atoms with E-state index in [1.165, 1.54) is 12.4 Å². The first-order valence-electron chi connectivity index (χ1n) is 5.21. The molecule has 0 saturated carbocycles. The van der Waals surface area contributed by atoms with Gasteiger partial charge in [-0.25, -0.2) is 4.98 Å². The van der Waals surface area contributed by atoms with Crippen LogP contribution < -0.4 is 16.2 Å². The lowest BCUT2D eigenvalue weighted by Crippen LogP contribution is -2.39. The Morgan fingerprint density at radius 1 is 1.65 bits per heavy atom. The van der Waals surface area contributed by atoms with E-state index in [1.54, 1.807) is 14.0 Å². The third-order valence-corrected chi connectivity index (χ3v) is 2.04. The predicted octanol–water partition coefficient (Wildman–Crippen LogP) is -0.667. The Labute approximate surface area is 98.6 Å². The van der Waals surface area contributed by atoms with E-state index in [2.05, 4.69) is 20.6 Å². The highest BCUT2D eigenvalue weighted by molar-refractivity contribution is 5.83. The lowest BCUT2D eigenvalue weighted by Gasteiger charge is -2.13. The lowest BCUT2D eigenvalue weighted by molar-refractivity contribution is -0.121. The van der Waals surface area contributed by atoms with Crippen molar-refractivity contribution in [3.8, 4) is 0 Å². The number of carbonyl (C=O) groups is 1. The van der Waals surface area contributed by atoms with Crippen molar-refractivity contribution in [3.63, 3.8) is 0 Å². The first kappa shape index (κ1) is 13.2. The molecule has 0 spiro atoms. The van der Waals surface area contributed by atoms with Gasteiger partial charge in [0.15, 0.2) is 0 Å². The Morgan fingerprint density at radius 2 is 2.41 bits per heavy atom. The van der Waals surface area contributed by atoms with E-state index in [0.29, 0.717) is 19.0 Å². The quantitative estimate of drug-likeness (QED) is 0.573. The van der Waals surface area contributed by atoms with Crippen LogP contribution in [0.5, 0.6) is 0 Å². The molecule has 7 heteroatoms. The van der Waals surface area contributed by atoms with Crippen molar-refractivity contribution in [1.29, 1.82) is 0 Å². The Morgan fingerprint density at radius 3 is 3.06 bits per heavy atom. The summed E-state index contributed by atoms with van der Waals surface area (Å²) in [5.74, 6) is 0.187. The van der Waals surface area contributed by atoms with Crippen molar-refractivity contribution in [2.75, 3.05) is 25.6 Å². The van der Waals surface area contributed by atoms with Gasteiger partial charge in [0.1, 0.15) is 11.9 Å². The molecule has 0 aliphatic heterocycles. The molecule has 0 aliphatic carbocycles. The van der Waals surface area contributed by atoms with E-state index in [4.69, 9.17) is 4.74 Å². The molecule has 94 valence electrons. The first-order valence-corrected chi connectivity index (χ1v) is 5.21. The van der Waals surface area contributed by atoms with Crippen LogP contribution in [0.3, 0.4) is 0 Å². The van der Waals surface area contributed by atoms with Gasteiger partial charge in [-0.15, -0.1) is 0 Å². The number of amides is 1. The number of hydrogen-bond donors (Lipinski definition) is 3. The number of carbonyl (C=O) groups excluding carboxylic acids is 1. The van der Waals surface area contributed by atoms with Gasteiger partial charge in [-0.05, 0) is 6.92 Å². The van der Waals surface area contributed by atoms with Crippen LogP contribution in [-0.2, 0) is 9.53 Å². The van der Waals surface area contributed by atoms with Crippen LogP contribution in [-0.4, -0.2) is 42.2 Å². The highest BCUT2D eigenvalue weighted by Crippen LogP contribution is 1.98. The highest BCUT2D eigenvalue weighted by Gasteiger charge is 2.12. The summed E-state index contributed by atoms with van der Waals surface area (Å²) in [5, 5.41) is 5.50. The van der Waals surface area contributed by atoms with Crippen LogP contribution in [0.4, 0.5) is 5.82 Å². The normalized spacial score (nSPS) is 11.9. The lowest BCUT2D eigenvalue weighted by atomic mass is 10.3. The zero-order valence-electron chi connectivity index (χ0n) is 9.82. The predicted molar refractivity (Wildman–Crippen MR) is 62.8 cm³/mol. The monoisotopic (exact) mass is 240 g/mol. The van der Waals surface area contributed by atoms with Crippen LogP contribution >= 0.6 is 0 Å². The largest absolute Gasteiger partial charge is 0.383 e. The smallest absolute Gasteiger partial charge is 0.252 e. The number of anilines is 1. The minimum absolute atomic E-state index is 0.177. The molecule has 1 rings (SSSR count). The Hall–Kier alpha value is -1.89. The molecular formula is C10H16N4O3. The van der Waals surface area contributed by atoms with E-state index in [0.717, 1.165) is 0 Å². The third-order valence-electron chi connectivity index (χ3n) is 2.04. The standard InChI is InChI=1S/C10H16N4O3/c1-7(10(16)11-3-4-17-2)14-8-5-9(15)13-6-12-8/h5-7H,3-4H2,1-2H3,(H,11,16)(H2,12,13,14,15). The summed E-state index contributed by atoms with van der Waals surface area (Å²) in [6.07, 6.45) is 1.28. The number of rotatable bonds is 6. The minimum Gasteiger partial charge on any atom is -0.383 e. The number of H-pyrrole nitrogens is 1. The second kappa shape index (κ2) is 6.64. The summed E-state index contributed by atoms with van der Waals surface area (Å²) in [6.45, 7) is 2.59. The summed E-state index contributed by atoms with van der Waals surface area (Å²) < 4.78 is 4.81. The van der Waals surface area contributed by atoms with Gasteiger partial charge < -0.3 is 20.4 Å². The van der Waals surface area contributed by atoms with Crippen molar-refractivity contribution in [3.05, 3.63) is 22.7 Å². The van der Waals surface area contributed by atoms with Gasteiger partial charge in [0, 0.05) is 19.7 Å². The van der Waals surface area contributed by atoms with Crippen LogP contribution in [0.15, 0.2) is 17.2 Å². The van der Waals surface area contributed by atoms with Crippen molar-refractivity contribution < 1.29 is 9.53 Å². The third kappa shape index (κ3) is 4.64. The second-order valence-corrected chi connectivity index (χ2v) is 3.45. The second-order valence-electron chi connectivity index (χ2n) is 3.45. The zero-order chi connectivity index (χ0) is 12.7. The van der Waals surface area contributed by atoms with Crippen molar-refractivity contribution >= 4 is 11.7 Å². The summed E-state index contributed by atoms with van der Waals surface area (Å²) in [7, 11) is 1.56. The number of hydrogen-bond acceptors (Lipinski definition) is 5. The maximum atomic E-state index is 11.6. The summed E-state index contributed by atoms with van der Waals surface area (Å²) in [4.78, 5) is 28.8. The molecule has 0 radical (unpaired) electrons. The molecular weight excluding hydrogens is 224 g/mol. The average Bonchev–Trinajstić information content (AvgIpc) is 2.29. The van der Waals surface area contributed by atoms with Crippen LogP contribution in [0.1, 0.15) is 6.92 Å². The van der Waals surface area contributed by atoms with Gasteiger partial charge in [-0.2, -0.15) is 0 Å². The fraction of sp³-hybridized carbons (Fsp3) is 0.500. The number of ether oxygens (including phenoxy) is 1. The molecule has 1 heterocycles. The molecule has 0 bridgehead atoms. The molecule has 1 unspecified atom stereocenters. The van der Waals surface area contributed by atoms with Gasteiger partial charge in [-0.3, -0.25) is 9.59 Å². The fourth-order valence-corrected chi connectivity index (χ4v) is 1.16. The summed E-state index contributed by atoms with van der Waals surface area (Å²) in [5.41, 5.74) is -0.269. The van der Waals surface area contributed by atoms with E-state index >= 15 is 0 Å². The highest BCUT2D eigenvalue weighted by atomic mass is 16.5. The fourth-order valence-electron chi connectivity index (χ4n) is 1.16. The summed E-state index contributed by atoms with van der Waals surface area (Å²) >= 11 is 0. The number of nitrogens with zero attached hydrogens (tertiary/aromatic N) is 1. The van der Waals surface area contributed by atoms with Crippen molar-refractivity contribution in [2.45, 2.75) is 13.0 Å². The van der Waals surface area contributed by atoms with Gasteiger partial charge in [0.2, 0.25) is 5.91 Å². The number of nitrogens with one attached hydrogen (secondary N) is 3. The Bertz CT molecular complexity index is 418. The maximum absolute atomic E-state index is 11.6. The zero-order valence-corrected chi connectivity index (χ0v) is 9.82. The Kier molecular flexibility index (Phi) is 5.15. The molecule has 1 aromatic heterocycles. The maximum Gasteiger partial charge on any atom is 0.252 e. The van der Waals surface area contributed by atoms with Crippen LogP contribution in [0.25, 0.3) is 0 Å². The molecule has 0 aliphatic rings. The number of methoxy groups -OCH3 is 1. The van der Waals surface area contributed by atoms with E-state index in [-0.39, 0.29) is 11.5 Å². The Balaban J connectivity index is 2.45. The molecule has 3 N–H and O–H groups in total. The molecule has 0 aromatic carbocycles. The minimum atomic E-state index is -0.471. The molecule has 1 atom stereocenters. The van der Waals surface area contributed by atoms with Crippen molar-refractivity contribution in [1.82, 2.24) is 15.3 Å². The topological polar surface area (TPSA) is 96.1 Å². The van der Waals surface area contributed by atoms with Crippen molar-refractivity contribution in [2.24, 2.45) is 0 Å². The number of aromatic amines is 1. The van der Waals surface area contributed by atoms with E-state index < -0.39 is 6.04 Å². The molecule has 1 aromatic rings. The summed E-state index contributed by atoms with van der Waals surface area (Å²) in [6, 6.07) is 0.819. The van der Waals surface area contributed by atoms with Gasteiger partial charge in [0.05, 0.1) is 12.9 Å². The van der Waals surface area contributed by atoms with Gasteiger partial charge in [0.25, 0.3) is 5.56 Å². The SMILES string of the molecule is COCCNC(=O)C(C)Nc1cc(=O)[nH]cn1. The molecule has 0 saturated heterocycles. The number of aromatic nitrogens is 2. The molecule has 7 nitrogen and oxygen atoms in total. The molecule has 17 heavy (non-hydrogen) atoms. The van der Waals surface area contributed by atoms with Crippen LogP contribution in [0.2, 0.25) is 0 Å². The van der Waals surface area contributed by atoms with E-state index in [9.17, 15) is 9.59 Å². The van der Waals surface area contributed by atoms with Gasteiger partial charge >= 0.3 is 0 Å². The average molecular weight is 240 g/mol. The first-order chi connectivity index (χ1) is 8.13. The molecule has 0 fully saturated rings. The van der Waals surface area contributed by atoms with Gasteiger partial charge in [-0.1, -0.05) is 0 Å². The molecule has 1 amide bonds. The van der Waals surface area contributed by atoms with Crippen LogP contribution in [0, 0.1) is 0 Å². The van der Waals surface area contributed by atoms with E-state index in [1.807, 2.05) is 0 Å².